The van der Waals surface area contributed by atoms with Crippen molar-refractivity contribution in [2.45, 2.75) is 32.2 Å². The number of hydrogen-bond donors (Lipinski definition) is 1. The van der Waals surface area contributed by atoms with Crippen LogP contribution in [0, 0.1) is 4.77 Å². The maximum absolute atomic E-state index is 12.0. The highest BCUT2D eigenvalue weighted by molar-refractivity contribution is 7.89. The molecule has 2 rings (SSSR count). The fourth-order valence-corrected chi connectivity index (χ4v) is 3.93. The van der Waals surface area contributed by atoms with Gasteiger partial charge in [0, 0.05) is 25.6 Å². The highest BCUT2D eigenvalue weighted by Crippen LogP contribution is 2.27. The number of H-pyrrole nitrogens is 1. The van der Waals surface area contributed by atoms with Gasteiger partial charge in [-0.2, -0.15) is 5.10 Å². The highest BCUT2D eigenvalue weighted by Gasteiger charge is 2.30. The van der Waals surface area contributed by atoms with Crippen molar-refractivity contribution in [3.8, 4) is 0 Å². The molecule has 1 N–H and O–H groups in total. The van der Waals surface area contributed by atoms with E-state index in [0.717, 1.165) is 18.7 Å². The molecule has 0 radical (unpaired) electrons. The van der Waals surface area contributed by atoms with Crippen molar-refractivity contribution in [3.63, 3.8) is 0 Å². The molecule has 8 heteroatoms. The molecule has 0 saturated carbocycles. The van der Waals surface area contributed by atoms with Crippen LogP contribution in [0.5, 0.6) is 0 Å². The molecule has 0 aromatic carbocycles. The van der Waals surface area contributed by atoms with Crippen molar-refractivity contribution >= 4 is 22.2 Å². The van der Waals surface area contributed by atoms with Gasteiger partial charge in [0.1, 0.15) is 5.82 Å². The number of nitrogens with one attached hydrogen (secondary N) is 1. The summed E-state index contributed by atoms with van der Waals surface area (Å²) in [6.45, 7) is 7.05. The van der Waals surface area contributed by atoms with E-state index in [1.54, 1.807) is 17.3 Å². The summed E-state index contributed by atoms with van der Waals surface area (Å²) in [5, 5.41) is 7.06. The lowest BCUT2D eigenvalue weighted by Gasteiger charge is -2.31. The first-order valence-electron chi connectivity index (χ1n) is 6.73. The van der Waals surface area contributed by atoms with E-state index < -0.39 is 10.0 Å². The Morgan fingerprint density at radius 3 is 3.00 bits per heavy atom. The second-order valence-corrected chi connectivity index (χ2v) is 7.53. The van der Waals surface area contributed by atoms with Crippen LogP contribution in [0.1, 0.15) is 31.5 Å². The van der Waals surface area contributed by atoms with Crippen LogP contribution in [0.3, 0.4) is 0 Å². The molecular weight excluding hydrogens is 296 g/mol. The van der Waals surface area contributed by atoms with Gasteiger partial charge < -0.3 is 4.57 Å². The molecular formula is C12H20N4O2S2. The van der Waals surface area contributed by atoms with Gasteiger partial charge in [0.25, 0.3) is 0 Å². The van der Waals surface area contributed by atoms with Crippen molar-refractivity contribution in [2.24, 2.45) is 0 Å². The zero-order valence-corrected chi connectivity index (χ0v) is 13.2. The summed E-state index contributed by atoms with van der Waals surface area (Å²) < 4.78 is 28.0. The van der Waals surface area contributed by atoms with Gasteiger partial charge in [0.2, 0.25) is 10.0 Å². The Bertz CT molecular complexity index is 632. The van der Waals surface area contributed by atoms with E-state index >= 15 is 0 Å². The zero-order valence-electron chi connectivity index (χ0n) is 11.6. The van der Waals surface area contributed by atoms with Crippen molar-refractivity contribution in [1.29, 1.82) is 0 Å². The maximum Gasteiger partial charge on any atom is 0.213 e. The number of aromatic nitrogens is 3. The smallest absolute Gasteiger partial charge is 0.213 e. The molecule has 0 aliphatic carbocycles. The van der Waals surface area contributed by atoms with Crippen LogP contribution in [-0.4, -0.2) is 46.3 Å². The zero-order chi connectivity index (χ0) is 14.8. The molecule has 112 valence electrons. The molecule has 1 saturated heterocycles. The molecule has 0 spiro atoms. The van der Waals surface area contributed by atoms with E-state index in [9.17, 15) is 8.42 Å². The first-order valence-corrected chi connectivity index (χ1v) is 8.75. The third-order valence-electron chi connectivity index (χ3n) is 3.61. The van der Waals surface area contributed by atoms with Gasteiger partial charge in [-0.1, -0.05) is 6.08 Å². The third kappa shape index (κ3) is 3.02. The van der Waals surface area contributed by atoms with Gasteiger partial charge >= 0.3 is 0 Å². The van der Waals surface area contributed by atoms with Crippen LogP contribution >= 0.6 is 12.2 Å². The fraction of sp³-hybridized carbons (Fsp3) is 0.667. The van der Waals surface area contributed by atoms with Crippen LogP contribution in [0.2, 0.25) is 0 Å². The molecule has 1 aromatic rings. The van der Waals surface area contributed by atoms with Crippen molar-refractivity contribution in [2.75, 3.05) is 18.8 Å². The number of sulfonamides is 1. The van der Waals surface area contributed by atoms with E-state index in [4.69, 9.17) is 12.2 Å². The lowest BCUT2D eigenvalue weighted by molar-refractivity contribution is 0.305. The largest absolute Gasteiger partial charge is 0.300 e. The summed E-state index contributed by atoms with van der Waals surface area (Å²) in [6.07, 6.45) is 3.53. The minimum Gasteiger partial charge on any atom is -0.300 e. The average molecular weight is 316 g/mol. The monoisotopic (exact) mass is 316 g/mol. The average Bonchev–Trinajstić information content (AvgIpc) is 2.81. The molecule has 2 heterocycles. The van der Waals surface area contributed by atoms with Gasteiger partial charge in [-0.05, 0) is 32.0 Å². The summed E-state index contributed by atoms with van der Waals surface area (Å²) in [4.78, 5) is 0. The number of nitrogens with zero attached hydrogens (tertiary/aromatic N) is 3. The van der Waals surface area contributed by atoms with Crippen molar-refractivity contribution in [3.05, 3.63) is 23.3 Å². The minimum absolute atomic E-state index is 0.0815. The second-order valence-electron chi connectivity index (χ2n) is 4.88. The number of allylic oxidation sites excluding steroid dienone is 1. The Morgan fingerprint density at radius 1 is 1.60 bits per heavy atom. The molecule has 0 bridgehead atoms. The van der Waals surface area contributed by atoms with E-state index in [1.807, 2.05) is 4.57 Å². The van der Waals surface area contributed by atoms with Gasteiger partial charge in [-0.15, -0.1) is 6.58 Å². The standard InChI is InChI=1S/C12H20N4O2S2/c1-3-7-16-11(13-14-12(16)19)10-6-5-8-15(9-10)20(17,18)4-2/h3,10H,1,4-9H2,2H3,(H,14,19)/t10-/m1/s1. The summed E-state index contributed by atoms with van der Waals surface area (Å²) in [6, 6.07) is 0. The Labute approximate surface area is 124 Å². The van der Waals surface area contributed by atoms with Crippen LogP contribution in [0.4, 0.5) is 0 Å². The van der Waals surface area contributed by atoms with E-state index in [-0.39, 0.29) is 11.7 Å². The van der Waals surface area contributed by atoms with Crippen molar-refractivity contribution in [1.82, 2.24) is 19.1 Å². The van der Waals surface area contributed by atoms with Crippen LogP contribution in [-0.2, 0) is 16.6 Å². The molecule has 20 heavy (non-hydrogen) atoms. The molecule has 1 aliphatic rings. The first kappa shape index (κ1) is 15.4. The summed E-state index contributed by atoms with van der Waals surface area (Å²) >= 11 is 5.20. The van der Waals surface area contributed by atoms with Crippen LogP contribution in [0.25, 0.3) is 0 Å². The summed E-state index contributed by atoms with van der Waals surface area (Å²) in [5.41, 5.74) is 0. The molecule has 0 unspecified atom stereocenters. The molecule has 1 aromatic heterocycles. The second kappa shape index (κ2) is 6.19. The summed E-state index contributed by atoms with van der Waals surface area (Å²) in [7, 11) is -3.14. The predicted octanol–water partition coefficient (Wildman–Crippen LogP) is 1.66. The topological polar surface area (TPSA) is 71.0 Å². The summed E-state index contributed by atoms with van der Waals surface area (Å²) in [5.74, 6) is 1.04. The van der Waals surface area contributed by atoms with Gasteiger partial charge in [0.15, 0.2) is 4.77 Å². The Hall–Kier alpha value is -0.990. The predicted molar refractivity (Wildman–Crippen MR) is 80.6 cm³/mol. The quantitative estimate of drug-likeness (QED) is 0.662. The number of hydrogen-bond acceptors (Lipinski definition) is 4. The molecule has 1 atom stereocenters. The number of aromatic amines is 1. The van der Waals surface area contributed by atoms with Gasteiger partial charge in [-0.3, -0.25) is 5.10 Å². The molecule has 1 fully saturated rings. The normalized spacial score (nSPS) is 20.9. The van der Waals surface area contributed by atoms with Gasteiger partial charge in [-0.25, -0.2) is 12.7 Å². The maximum atomic E-state index is 12.0. The molecule has 6 nitrogen and oxygen atoms in total. The SMILES string of the molecule is C=CCn1c([C@@H]2CCCN(S(=O)(=O)CC)C2)n[nH]c1=S. The molecule has 1 aliphatic heterocycles. The lowest BCUT2D eigenvalue weighted by atomic mass is 9.99. The van der Waals surface area contributed by atoms with Crippen LogP contribution < -0.4 is 0 Å². The van der Waals surface area contributed by atoms with E-state index in [2.05, 4.69) is 16.8 Å². The third-order valence-corrected chi connectivity index (χ3v) is 5.77. The van der Waals surface area contributed by atoms with Crippen molar-refractivity contribution < 1.29 is 8.42 Å². The molecule has 0 amide bonds. The van der Waals surface area contributed by atoms with Gasteiger partial charge in [0.05, 0.1) is 5.75 Å². The Kier molecular flexibility index (Phi) is 4.77. The van der Waals surface area contributed by atoms with E-state index in [0.29, 0.717) is 24.4 Å². The first-order chi connectivity index (χ1) is 9.49. The highest BCUT2D eigenvalue weighted by atomic mass is 32.2. The van der Waals surface area contributed by atoms with Crippen LogP contribution in [0.15, 0.2) is 12.7 Å². The fourth-order valence-electron chi connectivity index (χ4n) is 2.54. The number of rotatable bonds is 5. The van der Waals surface area contributed by atoms with E-state index in [1.165, 1.54) is 0 Å². The Balaban J connectivity index is 2.26. The lowest BCUT2D eigenvalue weighted by Crippen LogP contribution is -2.40. The number of piperidine rings is 1. The Morgan fingerprint density at radius 2 is 2.35 bits per heavy atom. The minimum atomic E-state index is -3.14.